The fourth-order valence-corrected chi connectivity index (χ4v) is 2.41. The van der Waals surface area contributed by atoms with Crippen molar-refractivity contribution in [3.8, 4) is 0 Å². The van der Waals surface area contributed by atoms with E-state index in [0.717, 1.165) is 20.8 Å². The number of hydrogen-bond donors (Lipinski definition) is 2. The van der Waals surface area contributed by atoms with Crippen LogP contribution in [-0.2, 0) is 0 Å². The largest absolute Gasteiger partial charge is 0.350 e. The molecular weight excluding hydrogens is 264 g/mol. The molecule has 0 aliphatic carbocycles. The summed E-state index contributed by atoms with van der Waals surface area (Å²) in [7, 11) is 1.86. The molecule has 0 saturated heterocycles. The smallest absolute Gasteiger partial charge is 0.261 e. The Morgan fingerprint density at radius 1 is 1.57 bits per heavy atom. The van der Waals surface area contributed by atoms with Gasteiger partial charge in [0.2, 0.25) is 0 Å². The van der Waals surface area contributed by atoms with E-state index >= 15 is 0 Å². The van der Waals surface area contributed by atoms with E-state index in [4.69, 9.17) is 0 Å². The van der Waals surface area contributed by atoms with Crippen molar-refractivity contribution in [2.24, 2.45) is 0 Å². The van der Waals surface area contributed by atoms with Gasteiger partial charge in [0.05, 0.1) is 8.66 Å². The fourth-order valence-electron chi connectivity index (χ4n) is 0.960. The Bertz CT molecular complexity index is 305. The highest BCUT2D eigenvalue weighted by molar-refractivity contribution is 9.11. The van der Waals surface area contributed by atoms with Crippen LogP contribution in [0.3, 0.4) is 0 Å². The summed E-state index contributed by atoms with van der Waals surface area (Å²) in [5, 5.41) is 5.80. The molecule has 0 spiro atoms. The molecule has 1 aromatic rings. The van der Waals surface area contributed by atoms with Gasteiger partial charge in [0, 0.05) is 13.1 Å². The highest BCUT2D eigenvalue weighted by atomic mass is 79.9. The van der Waals surface area contributed by atoms with Gasteiger partial charge < -0.3 is 10.6 Å². The zero-order valence-electron chi connectivity index (χ0n) is 8.19. The molecule has 0 bridgehead atoms. The van der Waals surface area contributed by atoms with Crippen LogP contribution in [0.1, 0.15) is 15.2 Å². The van der Waals surface area contributed by atoms with E-state index in [9.17, 15) is 4.79 Å². The van der Waals surface area contributed by atoms with Gasteiger partial charge >= 0.3 is 0 Å². The lowest BCUT2D eigenvalue weighted by atomic mass is 10.3. The van der Waals surface area contributed by atoms with Crippen molar-refractivity contribution in [1.82, 2.24) is 10.6 Å². The van der Waals surface area contributed by atoms with E-state index in [1.54, 1.807) is 0 Å². The normalized spacial score (nSPS) is 10.2. The number of carbonyl (C=O) groups excluding carboxylic acids is 1. The summed E-state index contributed by atoms with van der Waals surface area (Å²) in [4.78, 5) is 12.3. The Morgan fingerprint density at radius 3 is 2.79 bits per heavy atom. The van der Waals surface area contributed by atoms with Gasteiger partial charge in [-0.05, 0) is 41.5 Å². The van der Waals surface area contributed by atoms with Crippen LogP contribution in [0.4, 0.5) is 0 Å². The van der Waals surface area contributed by atoms with Crippen LogP contribution in [0.5, 0.6) is 0 Å². The second-order valence-electron chi connectivity index (χ2n) is 2.93. The van der Waals surface area contributed by atoms with E-state index in [1.807, 2.05) is 20.0 Å². The molecule has 14 heavy (non-hydrogen) atoms. The van der Waals surface area contributed by atoms with Gasteiger partial charge in [-0.15, -0.1) is 11.3 Å². The Kier molecular flexibility index (Phi) is 4.57. The minimum absolute atomic E-state index is 0.000880. The van der Waals surface area contributed by atoms with Gasteiger partial charge in [0.15, 0.2) is 0 Å². The maximum Gasteiger partial charge on any atom is 0.261 e. The van der Waals surface area contributed by atoms with Gasteiger partial charge in [0.1, 0.15) is 0 Å². The van der Waals surface area contributed by atoms with Crippen LogP contribution in [0.15, 0.2) is 9.85 Å². The molecule has 0 saturated carbocycles. The minimum Gasteiger partial charge on any atom is -0.350 e. The first-order valence-corrected chi connectivity index (χ1v) is 5.95. The quantitative estimate of drug-likeness (QED) is 0.823. The van der Waals surface area contributed by atoms with E-state index in [0.29, 0.717) is 6.54 Å². The second kappa shape index (κ2) is 5.48. The number of rotatable bonds is 4. The summed E-state index contributed by atoms with van der Waals surface area (Å²) in [6.45, 7) is 3.42. The fraction of sp³-hybridized carbons (Fsp3) is 0.444. The third-order valence-corrected chi connectivity index (χ3v) is 3.88. The first kappa shape index (κ1) is 11.7. The van der Waals surface area contributed by atoms with Crippen LogP contribution in [0, 0.1) is 6.92 Å². The van der Waals surface area contributed by atoms with Crippen molar-refractivity contribution in [2.75, 3.05) is 20.1 Å². The summed E-state index contributed by atoms with van der Waals surface area (Å²) in [6.07, 6.45) is 0. The van der Waals surface area contributed by atoms with Crippen LogP contribution >= 0.6 is 27.3 Å². The van der Waals surface area contributed by atoms with Crippen LogP contribution in [-0.4, -0.2) is 26.0 Å². The summed E-state index contributed by atoms with van der Waals surface area (Å²) in [5.41, 5.74) is 1.11. The van der Waals surface area contributed by atoms with Gasteiger partial charge in [-0.1, -0.05) is 0 Å². The zero-order chi connectivity index (χ0) is 10.6. The van der Waals surface area contributed by atoms with Crippen molar-refractivity contribution >= 4 is 33.2 Å². The van der Waals surface area contributed by atoms with Crippen LogP contribution < -0.4 is 10.6 Å². The number of halogens is 1. The molecule has 3 nitrogen and oxygen atoms in total. The molecule has 0 unspecified atom stereocenters. The number of carbonyl (C=O) groups is 1. The van der Waals surface area contributed by atoms with E-state index < -0.39 is 0 Å². The average Bonchev–Trinajstić information content (AvgIpc) is 2.47. The molecule has 0 atom stereocenters. The van der Waals surface area contributed by atoms with Gasteiger partial charge in [-0.3, -0.25) is 4.79 Å². The molecule has 1 rings (SSSR count). The molecule has 1 heterocycles. The van der Waals surface area contributed by atoms with Crippen molar-refractivity contribution < 1.29 is 4.79 Å². The SMILES string of the molecule is CNCCNC(=O)c1cc(C)c(Br)s1. The summed E-state index contributed by atoms with van der Waals surface area (Å²) in [5.74, 6) is -0.000880. The molecule has 5 heteroatoms. The Morgan fingerprint density at radius 2 is 2.29 bits per heavy atom. The van der Waals surface area contributed by atoms with E-state index in [2.05, 4.69) is 26.6 Å². The Hall–Kier alpha value is -0.390. The predicted octanol–water partition coefficient (Wildman–Crippen LogP) is 1.77. The molecule has 1 aromatic heterocycles. The molecule has 0 fully saturated rings. The molecule has 0 aliphatic heterocycles. The monoisotopic (exact) mass is 276 g/mol. The van der Waals surface area contributed by atoms with E-state index in [1.165, 1.54) is 11.3 Å². The number of aryl methyl sites for hydroxylation is 1. The number of thiophene rings is 1. The molecule has 1 amide bonds. The van der Waals surface area contributed by atoms with Crippen LogP contribution in [0.2, 0.25) is 0 Å². The standard InChI is InChI=1S/C9H13BrN2OS/c1-6-5-7(14-8(6)10)9(13)12-4-3-11-2/h5,11H,3-4H2,1-2H3,(H,12,13). The van der Waals surface area contributed by atoms with Crippen molar-refractivity contribution in [3.05, 3.63) is 20.3 Å². The molecular formula is C9H13BrN2OS. The number of hydrogen-bond acceptors (Lipinski definition) is 3. The lowest BCUT2D eigenvalue weighted by Crippen LogP contribution is -2.29. The molecule has 0 aromatic carbocycles. The van der Waals surface area contributed by atoms with Gasteiger partial charge in [0.25, 0.3) is 5.91 Å². The summed E-state index contributed by atoms with van der Waals surface area (Å²) in [6, 6.07) is 1.89. The van der Waals surface area contributed by atoms with Crippen molar-refractivity contribution in [1.29, 1.82) is 0 Å². The zero-order valence-corrected chi connectivity index (χ0v) is 10.6. The first-order chi connectivity index (χ1) is 6.65. The topological polar surface area (TPSA) is 41.1 Å². The first-order valence-electron chi connectivity index (χ1n) is 4.34. The predicted molar refractivity (Wildman–Crippen MR) is 63.0 cm³/mol. The second-order valence-corrected chi connectivity index (χ2v) is 5.30. The molecule has 0 radical (unpaired) electrons. The molecule has 0 aliphatic rings. The summed E-state index contributed by atoms with van der Waals surface area (Å²) >= 11 is 4.86. The molecule has 2 N–H and O–H groups in total. The van der Waals surface area contributed by atoms with Crippen molar-refractivity contribution in [2.45, 2.75) is 6.92 Å². The maximum absolute atomic E-state index is 11.5. The lowest BCUT2D eigenvalue weighted by molar-refractivity contribution is 0.0958. The van der Waals surface area contributed by atoms with Crippen molar-refractivity contribution in [3.63, 3.8) is 0 Å². The Labute approximate surface area is 96.0 Å². The lowest BCUT2D eigenvalue weighted by Gasteiger charge is -2.01. The number of likely N-dealkylation sites (N-methyl/N-ethyl adjacent to an activating group) is 1. The third kappa shape index (κ3) is 3.08. The number of amides is 1. The third-order valence-electron chi connectivity index (χ3n) is 1.74. The highest BCUT2D eigenvalue weighted by Gasteiger charge is 2.09. The van der Waals surface area contributed by atoms with Gasteiger partial charge in [-0.2, -0.15) is 0 Å². The summed E-state index contributed by atoms with van der Waals surface area (Å²) < 4.78 is 1.02. The molecule has 78 valence electrons. The number of nitrogens with one attached hydrogen (secondary N) is 2. The Balaban J connectivity index is 2.52. The van der Waals surface area contributed by atoms with E-state index in [-0.39, 0.29) is 5.91 Å². The average molecular weight is 277 g/mol. The van der Waals surface area contributed by atoms with Gasteiger partial charge in [-0.25, -0.2) is 0 Å². The highest BCUT2D eigenvalue weighted by Crippen LogP contribution is 2.26. The van der Waals surface area contributed by atoms with Crippen LogP contribution in [0.25, 0.3) is 0 Å². The maximum atomic E-state index is 11.5. The minimum atomic E-state index is -0.000880.